The maximum absolute atomic E-state index is 11.6. The average Bonchev–Trinajstić information content (AvgIpc) is 3.03. The molecule has 112 valence electrons. The summed E-state index contributed by atoms with van der Waals surface area (Å²) in [7, 11) is 1.21. The van der Waals surface area contributed by atoms with Crippen LogP contribution in [0.1, 0.15) is 10.5 Å². The van der Waals surface area contributed by atoms with Gasteiger partial charge in [0.15, 0.2) is 16.5 Å². The molecule has 0 saturated heterocycles. The summed E-state index contributed by atoms with van der Waals surface area (Å²) >= 11 is 7.56. The summed E-state index contributed by atoms with van der Waals surface area (Å²) in [4.78, 5) is 15.5. The van der Waals surface area contributed by atoms with Crippen LogP contribution in [0.2, 0.25) is 5.15 Å². The molecule has 0 fully saturated rings. The Morgan fingerprint density at radius 1 is 1.32 bits per heavy atom. The Hall–Kier alpha value is -2.31. The molecule has 3 aromatic rings. The number of carbonyl (C=O) groups is 1. The van der Waals surface area contributed by atoms with Crippen LogP contribution >= 0.6 is 22.9 Å². The second kappa shape index (κ2) is 5.82. The number of carbonyl (C=O) groups excluding carboxylic acids is 1. The van der Waals surface area contributed by atoms with Crippen molar-refractivity contribution >= 4 is 39.7 Å². The van der Waals surface area contributed by atoms with E-state index in [0.717, 1.165) is 5.06 Å². The van der Waals surface area contributed by atoms with Crippen molar-refractivity contribution in [3.05, 3.63) is 46.6 Å². The first-order valence-electron chi connectivity index (χ1n) is 6.22. The fourth-order valence-electron chi connectivity index (χ4n) is 1.98. The number of halogens is 1. The van der Waals surface area contributed by atoms with Crippen molar-refractivity contribution in [2.75, 3.05) is 7.11 Å². The molecule has 0 aliphatic heterocycles. The lowest BCUT2D eigenvalue weighted by Gasteiger charge is -2.09. The smallest absolute Gasteiger partial charge is 0.360 e. The zero-order valence-electron chi connectivity index (χ0n) is 11.4. The quantitative estimate of drug-likeness (QED) is 0.573. The average molecular weight is 336 g/mol. The Morgan fingerprint density at radius 3 is 2.82 bits per heavy atom. The minimum atomic E-state index is -0.750. The number of thiophene rings is 1. The number of hydrogen-bond donors (Lipinski definition) is 1. The predicted octanol–water partition coefficient (Wildman–Crippen LogP) is 4.23. The van der Waals surface area contributed by atoms with E-state index in [4.69, 9.17) is 16.3 Å². The van der Waals surface area contributed by atoms with Crippen LogP contribution < -0.4 is 4.74 Å². The highest BCUT2D eigenvalue weighted by Gasteiger charge is 2.19. The molecule has 0 aliphatic carbocycles. The van der Waals surface area contributed by atoms with Gasteiger partial charge in [0, 0.05) is 10.8 Å². The standard InChI is InChI=1S/C15H10ClNO4S/c1-20-15(19)12-13(18)9-5-4-8(7-10(9)14(16)17-12)21-11-3-2-6-22-11/h2-7,18H,1H3. The van der Waals surface area contributed by atoms with Crippen LogP contribution in [0.25, 0.3) is 10.8 Å². The molecule has 0 atom stereocenters. The summed E-state index contributed by atoms with van der Waals surface area (Å²) in [5.74, 6) is -0.460. The molecule has 5 nitrogen and oxygen atoms in total. The maximum atomic E-state index is 11.6. The van der Waals surface area contributed by atoms with Crippen LogP contribution in [0.4, 0.5) is 0 Å². The van der Waals surface area contributed by atoms with Crippen LogP contribution in [0.15, 0.2) is 35.7 Å². The van der Waals surface area contributed by atoms with Gasteiger partial charge in [0.1, 0.15) is 10.9 Å². The maximum Gasteiger partial charge on any atom is 0.360 e. The fourth-order valence-corrected chi connectivity index (χ4v) is 2.81. The molecule has 0 aliphatic rings. The molecule has 0 spiro atoms. The third kappa shape index (κ3) is 2.58. The number of rotatable bonds is 3. The Bertz CT molecular complexity index is 848. The van der Waals surface area contributed by atoms with E-state index in [1.165, 1.54) is 18.4 Å². The highest BCUT2D eigenvalue weighted by atomic mass is 35.5. The first-order valence-corrected chi connectivity index (χ1v) is 7.48. The van der Waals surface area contributed by atoms with E-state index in [1.807, 2.05) is 17.5 Å². The van der Waals surface area contributed by atoms with Crippen LogP contribution in [-0.4, -0.2) is 23.2 Å². The Balaban J connectivity index is 2.09. The van der Waals surface area contributed by atoms with Gasteiger partial charge < -0.3 is 14.6 Å². The summed E-state index contributed by atoms with van der Waals surface area (Å²) in [5, 5.41) is 13.8. The van der Waals surface area contributed by atoms with Gasteiger partial charge in [0.05, 0.1) is 7.11 Å². The third-order valence-electron chi connectivity index (χ3n) is 2.99. The van der Waals surface area contributed by atoms with E-state index in [9.17, 15) is 9.90 Å². The topological polar surface area (TPSA) is 68.7 Å². The molecule has 2 aromatic heterocycles. The van der Waals surface area contributed by atoms with Crippen molar-refractivity contribution in [2.24, 2.45) is 0 Å². The molecule has 7 heteroatoms. The first kappa shape index (κ1) is 14.6. The van der Waals surface area contributed by atoms with Crippen molar-refractivity contribution < 1.29 is 19.4 Å². The Kier molecular flexibility index (Phi) is 3.87. The van der Waals surface area contributed by atoms with E-state index in [2.05, 4.69) is 9.72 Å². The SMILES string of the molecule is COC(=O)c1nc(Cl)c2cc(Oc3cccs3)ccc2c1O. The number of fused-ring (bicyclic) bond motifs is 1. The minimum Gasteiger partial charge on any atom is -0.505 e. The molecule has 0 unspecified atom stereocenters. The van der Waals surface area contributed by atoms with Gasteiger partial charge in [-0.05, 0) is 35.7 Å². The van der Waals surface area contributed by atoms with Gasteiger partial charge in [-0.2, -0.15) is 0 Å². The minimum absolute atomic E-state index is 0.0878. The largest absolute Gasteiger partial charge is 0.505 e. The number of pyridine rings is 1. The van der Waals surface area contributed by atoms with Gasteiger partial charge in [-0.1, -0.05) is 11.6 Å². The first-order chi connectivity index (χ1) is 10.6. The summed E-state index contributed by atoms with van der Waals surface area (Å²) in [6.45, 7) is 0. The number of benzene rings is 1. The molecular weight excluding hydrogens is 326 g/mol. The summed E-state index contributed by atoms with van der Waals surface area (Å²) < 4.78 is 10.3. The van der Waals surface area contributed by atoms with Crippen molar-refractivity contribution in [3.63, 3.8) is 0 Å². The molecule has 0 radical (unpaired) electrons. The number of aromatic nitrogens is 1. The number of hydrogen-bond acceptors (Lipinski definition) is 6. The number of ether oxygens (including phenoxy) is 2. The van der Waals surface area contributed by atoms with Gasteiger partial charge in [-0.3, -0.25) is 0 Å². The number of methoxy groups -OCH3 is 1. The van der Waals surface area contributed by atoms with E-state index < -0.39 is 5.97 Å². The summed E-state index contributed by atoms with van der Waals surface area (Å²) in [6.07, 6.45) is 0. The third-order valence-corrected chi connectivity index (χ3v) is 4.03. The normalized spacial score (nSPS) is 10.6. The molecular formula is C15H10ClNO4S. The van der Waals surface area contributed by atoms with Crippen molar-refractivity contribution in [3.8, 4) is 16.6 Å². The highest BCUT2D eigenvalue weighted by Crippen LogP contribution is 2.36. The second-order valence-electron chi connectivity index (χ2n) is 4.33. The van der Waals surface area contributed by atoms with E-state index in [-0.39, 0.29) is 16.6 Å². The zero-order chi connectivity index (χ0) is 15.7. The number of esters is 1. The number of nitrogens with zero attached hydrogens (tertiary/aromatic N) is 1. The van der Waals surface area contributed by atoms with Gasteiger partial charge >= 0.3 is 5.97 Å². The van der Waals surface area contributed by atoms with E-state index >= 15 is 0 Å². The van der Waals surface area contributed by atoms with Gasteiger partial charge in [0.25, 0.3) is 0 Å². The van der Waals surface area contributed by atoms with Crippen molar-refractivity contribution in [1.29, 1.82) is 0 Å². The van der Waals surface area contributed by atoms with Gasteiger partial charge in [-0.25, -0.2) is 9.78 Å². The molecule has 0 amide bonds. The van der Waals surface area contributed by atoms with Crippen molar-refractivity contribution in [1.82, 2.24) is 4.98 Å². The molecule has 1 N–H and O–H groups in total. The Morgan fingerprint density at radius 2 is 2.14 bits per heavy atom. The molecule has 3 rings (SSSR count). The monoisotopic (exact) mass is 335 g/mol. The zero-order valence-corrected chi connectivity index (χ0v) is 12.9. The summed E-state index contributed by atoms with van der Waals surface area (Å²) in [5.41, 5.74) is -0.216. The lowest BCUT2D eigenvalue weighted by Crippen LogP contribution is -2.05. The molecule has 0 bridgehead atoms. The number of aromatic hydroxyl groups is 1. The lowest BCUT2D eigenvalue weighted by atomic mass is 10.1. The van der Waals surface area contributed by atoms with Crippen molar-refractivity contribution in [2.45, 2.75) is 0 Å². The molecule has 1 aromatic carbocycles. The molecule has 0 saturated carbocycles. The van der Waals surface area contributed by atoms with Crippen LogP contribution in [0, 0.1) is 0 Å². The fraction of sp³-hybridized carbons (Fsp3) is 0.0667. The summed E-state index contributed by atoms with van der Waals surface area (Å²) in [6, 6.07) is 8.68. The van der Waals surface area contributed by atoms with E-state index in [1.54, 1.807) is 18.2 Å². The molecule has 22 heavy (non-hydrogen) atoms. The van der Waals surface area contributed by atoms with Crippen LogP contribution in [0.3, 0.4) is 0 Å². The lowest BCUT2D eigenvalue weighted by molar-refractivity contribution is 0.0591. The van der Waals surface area contributed by atoms with E-state index in [0.29, 0.717) is 16.5 Å². The van der Waals surface area contributed by atoms with Gasteiger partial charge in [-0.15, -0.1) is 11.3 Å². The second-order valence-corrected chi connectivity index (χ2v) is 5.60. The Labute approximate surface area is 134 Å². The predicted molar refractivity (Wildman–Crippen MR) is 84.2 cm³/mol. The van der Waals surface area contributed by atoms with Gasteiger partial charge in [0.2, 0.25) is 0 Å². The van der Waals surface area contributed by atoms with Crippen LogP contribution in [0.5, 0.6) is 16.6 Å². The molecule has 2 heterocycles. The highest BCUT2D eigenvalue weighted by molar-refractivity contribution is 7.11. The van der Waals surface area contributed by atoms with Crippen LogP contribution in [-0.2, 0) is 4.74 Å².